The summed E-state index contributed by atoms with van der Waals surface area (Å²) >= 11 is 0. The highest BCUT2D eigenvalue weighted by atomic mass is 16.5. The molecule has 2 aromatic heterocycles. The summed E-state index contributed by atoms with van der Waals surface area (Å²) in [6.45, 7) is 5.61. The number of pyridine rings is 1. The summed E-state index contributed by atoms with van der Waals surface area (Å²) in [6, 6.07) is 0. The summed E-state index contributed by atoms with van der Waals surface area (Å²) in [4.78, 5) is 24.4. The lowest BCUT2D eigenvalue weighted by atomic mass is 10.1. The van der Waals surface area contributed by atoms with E-state index < -0.39 is 5.97 Å². The van der Waals surface area contributed by atoms with Gasteiger partial charge in [0.25, 0.3) is 0 Å². The van der Waals surface area contributed by atoms with Gasteiger partial charge < -0.3 is 13.9 Å². The van der Waals surface area contributed by atoms with E-state index in [0.717, 1.165) is 16.9 Å². The molecule has 0 bridgehead atoms. The van der Waals surface area contributed by atoms with Gasteiger partial charge in [0.15, 0.2) is 0 Å². The third-order valence-corrected chi connectivity index (χ3v) is 3.99. The van der Waals surface area contributed by atoms with Crippen molar-refractivity contribution >= 4 is 17.0 Å². The zero-order valence-corrected chi connectivity index (χ0v) is 12.1. The standard InChI is InChI=1S/C14H18N2O3/c1-7-8(2)15(4)13-10(7)12(17)11(14(18)19-6)9(3)16(13)5/h1-6H3. The summed E-state index contributed by atoms with van der Waals surface area (Å²) in [5, 5.41) is 0.591. The maximum Gasteiger partial charge on any atom is 0.343 e. The lowest BCUT2D eigenvalue weighted by Crippen LogP contribution is -2.23. The van der Waals surface area contributed by atoms with Crippen LogP contribution in [0.1, 0.15) is 27.3 Å². The zero-order valence-electron chi connectivity index (χ0n) is 12.1. The highest BCUT2D eigenvalue weighted by Gasteiger charge is 2.23. The Morgan fingerprint density at radius 3 is 2.11 bits per heavy atom. The van der Waals surface area contributed by atoms with Gasteiger partial charge >= 0.3 is 5.97 Å². The molecule has 19 heavy (non-hydrogen) atoms. The van der Waals surface area contributed by atoms with Crippen LogP contribution in [0.25, 0.3) is 11.0 Å². The van der Waals surface area contributed by atoms with Crippen LogP contribution < -0.4 is 5.43 Å². The molecule has 0 aliphatic rings. The summed E-state index contributed by atoms with van der Waals surface area (Å²) in [6.07, 6.45) is 0. The van der Waals surface area contributed by atoms with Crippen LogP contribution in [0, 0.1) is 20.8 Å². The number of ether oxygens (including phenoxy) is 1. The number of nitrogens with zero attached hydrogens (tertiary/aromatic N) is 2. The van der Waals surface area contributed by atoms with Gasteiger partial charge in [-0.15, -0.1) is 0 Å². The lowest BCUT2D eigenvalue weighted by Gasteiger charge is -2.12. The number of rotatable bonds is 1. The Kier molecular flexibility index (Phi) is 3.00. The van der Waals surface area contributed by atoms with Gasteiger partial charge in [0, 0.05) is 25.5 Å². The maximum atomic E-state index is 12.6. The first-order valence-electron chi connectivity index (χ1n) is 6.06. The quantitative estimate of drug-likeness (QED) is 0.733. The number of methoxy groups -OCH3 is 1. The summed E-state index contributed by atoms with van der Waals surface area (Å²) in [5.74, 6) is -0.582. The van der Waals surface area contributed by atoms with Crippen molar-refractivity contribution < 1.29 is 9.53 Å². The fraction of sp³-hybridized carbons (Fsp3) is 0.429. The first-order chi connectivity index (χ1) is 8.82. The fourth-order valence-corrected chi connectivity index (χ4v) is 2.55. The molecule has 0 fully saturated rings. The van der Waals surface area contributed by atoms with E-state index in [-0.39, 0.29) is 11.0 Å². The average molecular weight is 262 g/mol. The van der Waals surface area contributed by atoms with Crippen LogP contribution in [-0.4, -0.2) is 22.2 Å². The van der Waals surface area contributed by atoms with Crippen molar-refractivity contribution in [2.45, 2.75) is 20.8 Å². The van der Waals surface area contributed by atoms with E-state index >= 15 is 0 Å². The van der Waals surface area contributed by atoms with E-state index in [2.05, 4.69) is 0 Å². The molecule has 0 unspecified atom stereocenters. The van der Waals surface area contributed by atoms with Crippen molar-refractivity contribution in [2.75, 3.05) is 7.11 Å². The Morgan fingerprint density at radius 1 is 1.05 bits per heavy atom. The Balaban J connectivity index is 3.10. The number of carbonyl (C=O) groups excluding carboxylic acids is 1. The summed E-state index contributed by atoms with van der Waals surface area (Å²) < 4.78 is 8.56. The fourth-order valence-electron chi connectivity index (χ4n) is 2.55. The van der Waals surface area contributed by atoms with Gasteiger partial charge in [-0.25, -0.2) is 4.79 Å². The lowest BCUT2D eigenvalue weighted by molar-refractivity contribution is 0.0597. The van der Waals surface area contributed by atoms with Gasteiger partial charge in [-0.3, -0.25) is 4.79 Å². The number of carbonyl (C=O) groups is 1. The second-order valence-electron chi connectivity index (χ2n) is 4.81. The number of esters is 1. The molecule has 0 radical (unpaired) electrons. The van der Waals surface area contributed by atoms with Gasteiger partial charge in [0.2, 0.25) is 5.43 Å². The number of aryl methyl sites for hydroxylation is 3. The van der Waals surface area contributed by atoms with Crippen LogP contribution in [-0.2, 0) is 18.8 Å². The van der Waals surface area contributed by atoms with E-state index in [9.17, 15) is 9.59 Å². The molecule has 0 aliphatic heterocycles. The molecule has 0 N–H and O–H groups in total. The molecule has 2 rings (SSSR count). The number of fused-ring (bicyclic) bond motifs is 1. The van der Waals surface area contributed by atoms with Crippen molar-refractivity contribution in [1.29, 1.82) is 0 Å². The molecule has 5 heteroatoms. The van der Waals surface area contributed by atoms with Gasteiger partial charge in [-0.05, 0) is 26.3 Å². The molecule has 0 aliphatic carbocycles. The normalized spacial score (nSPS) is 11.1. The highest BCUT2D eigenvalue weighted by Crippen LogP contribution is 2.23. The average Bonchev–Trinajstić information content (AvgIpc) is 2.61. The first-order valence-corrected chi connectivity index (χ1v) is 6.06. The molecule has 2 heterocycles. The van der Waals surface area contributed by atoms with Crippen LogP contribution in [0.3, 0.4) is 0 Å². The van der Waals surface area contributed by atoms with Crippen molar-refractivity contribution in [1.82, 2.24) is 9.13 Å². The zero-order chi connectivity index (χ0) is 14.5. The largest absolute Gasteiger partial charge is 0.465 e. The van der Waals surface area contributed by atoms with Crippen LogP contribution >= 0.6 is 0 Å². The summed E-state index contributed by atoms with van der Waals surface area (Å²) in [5.41, 5.74) is 3.23. The molecule has 0 aromatic carbocycles. The highest BCUT2D eigenvalue weighted by molar-refractivity contribution is 5.96. The second kappa shape index (κ2) is 4.26. The predicted octanol–water partition coefficient (Wildman–Crippen LogP) is 1.59. The molecule has 0 spiro atoms. The molecule has 0 amide bonds. The molecule has 0 atom stereocenters. The van der Waals surface area contributed by atoms with Gasteiger partial charge in [-0.2, -0.15) is 0 Å². The Labute approximate surface area is 111 Å². The second-order valence-corrected chi connectivity index (χ2v) is 4.81. The SMILES string of the molecule is COC(=O)c1c(C)n(C)c2c(c(C)c(C)n2C)c1=O. The molecular weight excluding hydrogens is 244 g/mol. The molecular formula is C14H18N2O3. The third kappa shape index (κ3) is 1.61. The third-order valence-electron chi connectivity index (χ3n) is 3.99. The van der Waals surface area contributed by atoms with Gasteiger partial charge in [-0.1, -0.05) is 0 Å². The molecule has 2 aromatic rings. The number of hydrogen-bond acceptors (Lipinski definition) is 3. The number of aromatic nitrogens is 2. The van der Waals surface area contributed by atoms with Crippen molar-refractivity contribution in [3.05, 3.63) is 32.7 Å². The van der Waals surface area contributed by atoms with Crippen LogP contribution in [0.2, 0.25) is 0 Å². The predicted molar refractivity (Wildman–Crippen MR) is 73.7 cm³/mol. The Morgan fingerprint density at radius 2 is 1.58 bits per heavy atom. The minimum absolute atomic E-state index is 0.117. The van der Waals surface area contributed by atoms with E-state index in [4.69, 9.17) is 4.74 Å². The van der Waals surface area contributed by atoms with Crippen LogP contribution in [0.5, 0.6) is 0 Å². The molecule has 102 valence electrons. The van der Waals surface area contributed by atoms with Gasteiger partial charge in [0.1, 0.15) is 11.2 Å². The smallest absolute Gasteiger partial charge is 0.343 e. The molecule has 0 saturated heterocycles. The minimum Gasteiger partial charge on any atom is -0.465 e. The van der Waals surface area contributed by atoms with E-state index in [1.165, 1.54) is 7.11 Å². The van der Waals surface area contributed by atoms with Crippen LogP contribution in [0.15, 0.2) is 4.79 Å². The number of hydrogen-bond donors (Lipinski definition) is 0. The molecule has 0 saturated carbocycles. The monoisotopic (exact) mass is 262 g/mol. The van der Waals surface area contributed by atoms with Crippen molar-refractivity contribution in [3.8, 4) is 0 Å². The topological polar surface area (TPSA) is 53.2 Å². The Bertz CT molecular complexity index is 751. The Hall–Kier alpha value is -2.04. The van der Waals surface area contributed by atoms with E-state index in [1.807, 2.05) is 37.1 Å². The minimum atomic E-state index is -0.582. The van der Waals surface area contributed by atoms with E-state index in [0.29, 0.717) is 11.1 Å². The van der Waals surface area contributed by atoms with E-state index in [1.54, 1.807) is 6.92 Å². The summed E-state index contributed by atoms with van der Waals surface area (Å²) in [7, 11) is 5.05. The molecule has 5 nitrogen and oxygen atoms in total. The van der Waals surface area contributed by atoms with Crippen LogP contribution in [0.4, 0.5) is 0 Å². The maximum absolute atomic E-state index is 12.6. The van der Waals surface area contributed by atoms with Crippen molar-refractivity contribution in [3.63, 3.8) is 0 Å². The van der Waals surface area contributed by atoms with Gasteiger partial charge in [0.05, 0.1) is 12.5 Å². The van der Waals surface area contributed by atoms with Crippen molar-refractivity contribution in [2.24, 2.45) is 14.1 Å². The first kappa shape index (κ1) is 13.4.